The zero-order chi connectivity index (χ0) is 13.1. The third-order valence-electron chi connectivity index (χ3n) is 2.38. The van der Waals surface area contributed by atoms with Gasteiger partial charge in [-0.3, -0.25) is 9.69 Å². The zero-order valence-corrected chi connectivity index (χ0v) is 13.1. The van der Waals surface area contributed by atoms with Crippen LogP contribution in [0.15, 0.2) is 0 Å². The van der Waals surface area contributed by atoms with Crippen LogP contribution in [0.5, 0.6) is 0 Å². The summed E-state index contributed by atoms with van der Waals surface area (Å²) in [4.78, 5) is 25.7. The minimum atomic E-state index is -0.837. The Bertz CT molecular complexity index is 300. The Kier molecular flexibility index (Phi) is 9.16. The standard InChI is InChI=1S/C11H20N2O4.2ClH/c1-11(2,3)17-10(16)13-6-4-12(5-7-13)8-9(14)15;;/h4-8H2,1-3H3,(H,14,15);2*1H. The highest BCUT2D eigenvalue weighted by Gasteiger charge is 2.26. The van der Waals surface area contributed by atoms with Crippen LogP contribution in [0.1, 0.15) is 20.8 Å². The molecule has 0 saturated carbocycles. The van der Waals surface area contributed by atoms with E-state index in [9.17, 15) is 9.59 Å². The molecule has 114 valence electrons. The topological polar surface area (TPSA) is 70.1 Å². The van der Waals surface area contributed by atoms with Crippen molar-refractivity contribution in [1.29, 1.82) is 0 Å². The molecule has 0 spiro atoms. The van der Waals surface area contributed by atoms with Crippen LogP contribution in [0.2, 0.25) is 0 Å². The van der Waals surface area contributed by atoms with Gasteiger partial charge in [-0.2, -0.15) is 0 Å². The highest BCUT2D eigenvalue weighted by atomic mass is 35.5. The van der Waals surface area contributed by atoms with Crippen molar-refractivity contribution < 1.29 is 19.4 Å². The number of rotatable bonds is 2. The highest BCUT2D eigenvalue weighted by Crippen LogP contribution is 2.11. The summed E-state index contributed by atoms with van der Waals surface area (Å²) in [6.45, 7) is 7.69. The van der Waals surface area contributed by atoms with Crippen molar-refractivity contribution in [1.82, 2.24) is 9.80 Å². The van der Waals surface area contributed by atoms with Crippen LogP contribution in [-0.4, -0.2) is 65.3 Å². The number of piperazine rings is 1. The first-order valence-electron chi connectivity index (χ1n) is 5.70. The molecule has 0 aliphatic carbocycles. The number of amides is 1. The molecule has 0 atom stereocenters. The first-order valence-corrected chi connectivity index (χ1v) is 5.70. The van der Waals surface area contributed by atoms with E-state index in [1.54, 1.807) is 4.90 Å². The lowest BCUT2D eigenvalue weighted by molar-refractivity contribution is -0.138. The summed E-state index contributed by atoms with van der Waals surface area (Å²) in [5.74, 6) is -0.837. The number of carboxylic acids is 1. The third-order valence-corrected chi connectivity index (χ3v) is 2.38. The molecule has 1 rings (SSSR count). The first-order chi connectivity index (χ1) is 7.78. The average molecular weight is 317 g/mol. The SMILES string of the molecule is CC(C)(C)OC(=O)N1CCN(CC(=O)O)CC1.Cl.Cl. The Labute approximate surface area is 125 Å². The van der Waals surface area contributed by atoms with Gasteiger partial charge in [-0.15, -0.1) is 24.8 Å². The summed E-state index contributed by atoms with van der Waals surface area (Å²) in [6, 6.07) is 0. The van der Waals surface area contributed by atoms with Gasteiger partial charge in [0.1, 0.15) is 5.60 Å². The maximum absolute atomic E-state index is 11.7. The molecular formula is C11H22Cl2N2O4. The van der Waals surface area contributed by atoms with Crippen molar-refractivity contribution >= 4 is 36.9 Å². The maximum Gasteiger partial charge on any atom is 0.410 e. The molecule has 1 heterocycles. The molecule has 0 aromatic heterocycles. The fourth-order valence-electron chi connectivity index (χ4n) is 1.61. The lowest BCUT2D eigenvalue weighted by Crippen LogP contribution is -2.51. The number of carbonyl (C=O) groups excluding carboxylic acids is 1. The monoisotopic (exact) mass is 316 g/mol. The van der Waals surface area contributed by atoms with Crippen molar-refractivity contribution in [3.63, 3.8) is 0 Å². The van der Waals surface area contributed by atoms with E-state index in [0.29, 0.717) is 26.2 Å². The van der Waals surface area contributed by atoms with Gasteiger partial charge in [0.05, 0.1) is 6.54 Å². The summed E-state index contributed by atoms with van der Waals surface area (Å²) in [7, 11) is 0. The third kappa shape index (κ3) is 8.13. The van der Waals surface area contributed by atoms with Crippen LogP contribution in [0, 0.1) is 0 Å². The molecule has 0 aromatic carbocycles. The second-order valence-electron chi connectivity index (χ2n) is 5.14. The maximum atomic E-state index is 11.7. The fourth-order valence-corrected chi connectivity index (χ4v) is 1.61. The second kappa shape index (κ2) is 8.45. The minimum Gasteiger partial charge on any atom is -0.480 e. The highest BCUT2D eigenvalue weighted by molar-refractivity contribution is 5.85. The van der Waals surface area contributed by atoms with Gasteiger partial charge in [-0.25, -0.2) is 4.79 Å². The van der Waals surface area contributed by atoms with Gasteiger partial charge >= 0.3 is 12.1 Å². The summed E-state index contributed by atoms with van der Waals surface area (Å²) < 4.78 is 5.25. The van der Waals surface area contributed by atoms with Gasteiger partial charge in [0.2, 0.25) is 0 Å². The van der Waals surface area contributed by atoms with Crippen molar-refractivity contribution in [2.24, 2.45) is 0 Å². The Balaban J connectivity index is 0. The number of halogens is 2. The van der Waals surface area contributed by atoms with Gasteiger partial charge in [-0.05, 0) is 20.8 Å². The van der Waals surface area contributed by atoms with Crippen molar-refractivity contribution in [3.05, 3.63) is 0 Å². The summed E-state index contributed by atoms with van der Waals surface area (Å²) in [6.07, 6.45) is -0.326. The molecule has 19 heavy (non-hydrogen) atoms. The van der Waals surface area contributed by atoms with Gasteiger partial charge in [-0.1, -0.05) is 0 Å². The van der Waals surface area contributed by atoms with E-state index in [4.69, 9.17) is 9.84 Å². The van der Waals surface area contributed by atoms with E-state index in [0.717, 1.165) is 0 Å². The largest absolute Gasteiger partial charge is 0.480 e. The molecule has 1 saturated heterocycles. The van der Waals surface area contributed by atoms with Crippen molar-refractivity contribution in [3.8, 4) is 0 Å². The predicted molar refractivity (Wildman–Crippen MR) is 76.4 cm³/mol. The molecule has 0 radical (unpaired) electrons. The number of ether oxygens (including phenoxy) is 1. The Morgan fingerprint density at radius 2 is 1.58 bits per heavy atom. The quantitative estimate of drug-likeness (QED) is 0.835. The molecule has 1 aliphatic rings. The lowest BCUT2D eigenvalue weighted by atomic mass is 10.2. The van der Waals surface area contributed by atoms with Gasteiger partial charge in [0.15, 0.2) is 0 Å². The van der Waals surface area contributed by atoms with E-state index in [-0.39, 0.29) is 37.5 Å². The number of hydrogen-bond donors (Lipinski definition) is 1. The predicted octanol–water partition coefficient (Wildman–Crippen LogP) is 1.47. The molecule has 0 aromatic rings. The number of carboxylic acid groups (broad SMARTS) is 1. The molecule has 1 amide bonds. The summed E-state index contributed by atoms with van der Waals surface area (Å²) in [5.41, 5.74) is -0.491. The number of nitrogens with zero attached hydrogens (tertiary/aromatic N) is 2. The Hall–Kier alpha value is -0.720. The summed E-state index contributed by atoms with van der Waals surface area (Å²) >= 11 is 0. The van der Waals surface area contributed by atoms with Crippen LogP contribution >= 0.6 is 24.8 Å². The van der Waals surface area contributed by atoms with Gasteiger partial charge < -0.3 is 14.7 Å². The Morgan fingerprint density at radius 1 is 1.11 bits per heavy atom. The first kappa shape index (κ1) is 20.6. The molecule has 1 aliphatic heterocycles. The molecule has 0 unspecified atom stereocenters. The normalized spacial score (nSPS) is 16.1. The van der Waals surface area contributed by atoms with Crippen LogP contribution in [0.4, 0.5) is 4.79 Å². The average Bonchev–Trinajstić information content (AvgIpc) is 2.15. The van der Waals surface area contributed by atoms with Crippen LogP contribution < -0.4 is 0 Å². The lowest BCUT2D eigenvalue weighted by Gasteiger charge is -2.34. The molecular weight excluding hydrogens is 295 g/mol. The van der Waals surface area contributed by atoms with Crippen molar-refractivity contribution in [2.45, 2.75) is 26.4 Å². The van der Waals surface area contributed by atoms with E-state index in [2.05, 4.69) is 0 Å². The molecule has 8 heteroatoms. The number of carbonyl (C=O) groups is 2. The van der Waals surface area contributed by atoms with E-state index in [1.165, 1.54) is 0 Å². The summed E-state index contributed by atoms with van der Waals surface area (Å²) in [5, 5.41) is 8.65. The second-order valence-corrected chi connectivity index (χ2v) is 5.14. The zero-order valence-electron chi connectivity index (χ0n) is 11.4. The number of hydrogen-bond acceptors (Lipinski definition) is 4. The van der Waals surface area contributed by atoms with E-state index >= 15 is 0 Å². The van der Waals surface area contributed by atoms with Crippen molar-refractivity contribution in [2.75, 3.05) is 32.7 Å². The van der Waals surface area contributed by atoms with Crippen LogP contribution in [0.25, 0.3) is 0 Å². The molecule has 6 nitrogen and oxygen atoms in total. The van der Waals surface area contributed by atoms with Gasteiger partial charge in [0.25, 0.3) is 0 Å². The number of aliphatic carboxylic acids is 1. The molecule has 0 bridgehead atoms. The van der Waals surface area contributed by atoms with E-state index in [1.807, 2.05) is 25.7 Å². The minimum absolute atomic E-state index is 0. The molecule has 1 N–H and O–H groups in total. The van der Waals surface area contributed by atoms with Crippen LogP contribution in [-0.2, 0) is 9.53 Å². The molecule has 1 fully saturated rings. The fraction of sp³-hybridized carbons (Fsp3) is 0.818. The van der Waals surface area contributed by atoms with Gasteiger partial charge in [0, 0.05) is 26.2 Å². The van der Waals surface area contributed by atoms with E-state index < -0.39 is 11.6 Å². The Morgan fingerprint density at radius 3 is 1.95 bits per heavy atom. The smallest absolute Gasteiger partial charge is 0.410 e. The van der Waals surface area contributed by atoms with Crippen LogP contribution in [0.3, 0.4) is 0 Å².